The van der Waals surface area contributed by atoms with E-state index in [1.807, 2.05) is 18.2 Å². The van der Waals surface area contributed by atoms with Gasteiger partial charge in [0.1, 0.15) is 0 Å². The van der Waals surface area contributed by atoms with Crippen LogP contribution in [-0.2, 0) is 22.7 Å². The summed E-state index contributed by atoms with van der Waals surface area (Å²) in [5.41, 5.74) is 2.12. The van der Waals surface area contributed by atoms with Gasteiger partial charge in [-0.15, -0.1) is 0 Å². The Hall–Kier alpha value is -1.92. The summed E-state index contributed by atoms with van der Waals surface area (Å²) in [4.78, 5) is 24.7. The second-order valence-corrected chi connectivity index (χ2v) is 15.1. The number of benzene rings is 1. The lowest BCUT2D eigenvalue weighted by atomic mass is 10.0. The zero-order valence-electron chi connectivity index (χ0n) is 32.8. The molecule has 0 spiro atoms. The van der Waals surface area contributed by atoms with Crippen molar-refractivity contribution in [2.24, 2.45) is 0 Å². The van der Waals surface area contributed by atoms with Crippen LogP contribution in [0.4, 0.5) is 0 Å². The van der Waals surface area contributed by atoms with E-state index < -0.39 is 0 Å². The molecule has 6 heteroatoms. The van der Waals surface area contributed by atoms with Crippen molar-refractivity contribution in [3.63, 3.8) is 0 Å². The van der Waals surface area contributed by atoms with Gasteiger partial charge in [0.25, 0.3) is 0 Å². The summed E-state index contributed by atoms with van der Waals surface area (Å²) in [6.45, 7) is 5.50. The maximum absolute atomic E-state index is 12.4. The summed E-state index contributed by atoms with van der Waals surface area (Å²) < 4.78 is 0. The minimum atomic E-state index is -0.114. The van der Waals surface area contributed by atoms with Crippen molar-refractivity contribution in [3.05, 3.63) is 35.4 Å². The second-order valence-electron chi connectivity index (χ2n) is 15.1. The monoisotopic (exact) mass is 701 g/mol. The molecule has 0 bridgehead atoms. The van der Waals surface area contributed by atoms with Crippen molar-refractivity contribution in [2.45, 2.75) is 232 Å². The molecule has 6 nitrogen and oxygen atoms in total. The molecule has 0 fully saturated rings. The highest BCUT2D eigenvalue weighted by molar-refractivity contribution is 5.76. The Morgan fingerprint density at radius 2 is 0.780 bits per heavy atom. The number of nitrogens with one attached hydrogen (secondary N) is 2. The van der Waals surface area contributed by atoms with E-state index in [1.54, 1.807) is 0 Å². The van der Waals surface area contributed by atoms with Crippen molar-refractivity contribution in [3.8, 4) is 0 Å². The predicted octanol–water partition coefficient (Wildman–Crippen LogP) is 11.4. The number of unbranched alkanes of at least 4 members (excludes halogenated alkanes) is 20. The molecule has 0 saturated carbocycles. The quantitative estimate of drug-likeness (QED) is 0.0524. The smallest absolute Gasteiger partial charge is 0.220 e. The molecule has 1 aromatic rings. The summed E-state index contributed by atoms with van der Waals surface area (Å²) >= 11 is 0. The lowest BCUT2D eigenvalue weighted by Crippen LogP contribution is -2.23. The summed E-state index contributed by atoms with van der Waals surface area (Å²) in [7, 11) is 0. The summed E-state index contributed by atoms with van der Waals surface area (Å²) in [6.07, 6.45) is 33.2. The SMILES string of the molecule is CCCCCCCC(O)CCCCCCCCCC(=O)NCc1cccc(CNC(=O)CCCCCCCCCC(O)CCCCCCC)c1. The van der Waals surface area contributed by atoms with Crippen LogP contribution in [0, 0.1) is 0 Å². The zero-order chi connectivity index (χ0) is 36.3. The Kier molecular flexibility index (Phi) is 31.5. The normalized spacial score (nSPS) is 12.6. The Morgan fingerprint density at radius 1 is 0.480 bits per heavy atom. The van der Waals surface area contributed by atoms with Crippen molar-refractivity contribution in [2.75, 3.05) is 0 Å². The zero-order valence-corrected chi connectivity index (χ0v) is 32.8. The number of carbonyl (C=O) groups is 2. The third-order valence-electron chi connectivity index (χ3n) is 10.1. The van der Waals surface area contributed by atoms with Crippen molar-refractivity contribution in [1.82, 2.24) is 10.6 Å². The molecule has 1 aromatic carbocycles. The minimum absolute atomic E-state index is 0.106. The number of carbonyl (C=O) groups excluding carboxylic acids is 2. The van der Waals surface area contributed by atoms with Gasteiger partial charge in [0.2, 0.25) is 11.8 Å². The molecule has 290 valence electrons. The molecular weight excluding hydrogens is 620 g/mol. The van der Waals surface area contributed by atoms with Gasteiger partial charge >= 0.3 is 0 Å². The average molecular weight is 701 g/mol. The van der Waals surface area contributed by atoms with Crippen LogP contribution in [0.2, 0.25) is 0 Å². The second kappa shape index (κ2) is 34.2. The van der Waals surface area contributed by atoms with Crippen LogP contribution in [0.25, 0.3) is 0 Å². The molecule has 2 amide bonds. The summed E-state index contributed by atoms with van der Waals surface area (Å²) in [6, 6.07) is 8.11. The highest BCUT2D eigenvalue weighted by atomic mass is 16.3. The first-order valence-corrected chi connectivity index (χ1v) is 21.4. The van der Waals surface area contributed by atoms with Crippen LogP contribution in [-0.4, -0.2) is 34.2 Å². The van der Waals surface area contributed by atoms with Crippen molar-refractivity contribution in [1.29, 1.82) is 0 Å². The molecular formula is C44H80N2O4. The van der Waals surface area contributed by atoms with Gasteiger partial charge < -0.3 is 20.8 Å². The van der Waals surface area contributed by atoms with Gasteiger partial charge in [0.05, 0.1) is 12.2 Å². The third kappa shape index (κ3) is 29.8. The molecule has 50 heavy (non-hydrogen) atoms. The molecule has 0 heterocycles. The highest BCUT2D eigenvalue weighted by Crippen LogP contribution is 2.16. The van der Waals surface area contributed by atoms with Crippen LogP contribution in [0.3, 0.4) is 0 Å². The van der Waals surface area contributed by atoms with E-state index in [9.17, 15) is 19.8 Å². The molecule has 0 aliphatic rings. The van der Waals surface area contributed by atoms with Gasteiger partial charge in [-0.3, -0.25) is 9.59 Å². The molecule has 0 radical (unpaired) electrons. The van der Waals surface area contributed by atoms with Crippen LogP contribution >= 0.6 is 0 Å². The van der Waals surface area contributed by atoms with Crippen LogP contribution in [0.5, 0.6) is 0 Å². The lowest BCUT2D eigenvalue weighted by Gasteiger charge is -2.10. The Labute approximate surface area is 308 Å². The first-order valence-electron chi connectivity index (χ1n) is 21.4. The summed E-state index contributed by atoms with van der Waals surface area (Å²) in [5, 5.41) is 26.4. The maximum atomic E-state index is 12.4. The van der Waals surface area contributed by atoms with E-state index in [0.717, 1.165) is 88.2 Å². The molecule has 0 aliphatic heterocycles. The van der Waals surface area contributed by atoms with Crippen LogP contribution in [0.15, 0.2) is 24.3 Å². The molecule has 4 N–H and O–H groups in total. The topological polar surface area (TPSA) is 98.7 Å². The fourth-order valence-corrected chi connectivity index (χ4v) is 6.78. The lowest BCUT2D eigenvalue weighted by molar-refractivity contribution is -0.122. The standard InChI is InChI=1S/C44H80N2O4/c1-3-5-7-15-21-30-41(47)32-23-17-11-9-13-19-25-34-43(49)45-37-39-28-27-29-40(36-39)38-46-44(50)35-26-20-14-10-12-18-24-33-42(48)31-22-16-8-6-4-2/h27-29,36,41-42,47-48H,3-26,30-35,37-38H2,1-2H3,(H,45,49)(H,46,50). The van der Waals surface area contributed by atoms with E-state index in [-0.39, 0.29) is 24.0 Å². The van der Waals surface area contributed by atoms with Gasteiger partial charge in [0.15, 0.2) is 0 Å². The summed E-state index contributed by atoms with van der Waals surface area (Å²) in [5.74, 6) is 0.212. The molecule has 0 aromatic heterocycles. The highest BCUT2D eigenvalue weighted by Gasteiger charge is 2.07. The number of hydrogen-bond donors (Lipinski definition) is 4. The Morgan fingerprint density at radius 3 is 1.12 bits per heavy atom. The van der Waals surface area contributed by atoms with Crippen LogP contribution < -0.4 is 10.6 Å². The van der Waals surface area contributed by atoms with E-state index in [1.165, 1.54) is 103 Å². The largest absolute Gasteiger partial charge is 0.393 e. The van der Waals surface area contributed by atoms with E-state index in [0.29, 0.717) is 25.9 Å². The molecule has 2 atom stereocenters. The third-order valence-corrected chi connectivity index (χ3v) is 10.1. The molecule has 0 aliphatic carbocycles. The van der Waals surface area contributed by atoms with E-state index in [2.05, 4.69) is 30.5 Å². The number of aliphatic hydroxyl groups is 2. The van der Waals surface area contributed by atoms with Gasteiger partial charge in [-0.05, 0) is 49.7 Å². The maximum Gasteiger partial charge on any atom is 0.220 e. The number of aliphatic hydroxyl groups excluding tert-OH is 2. The minimum Gasteiger partial charge on any atom is -0.393 e. The fourth-order valence-electron chi connectivity index (χ4n) is 6.78. The van der Waals surface area contributed by atoms with E-state index in [4.69, 9.17) is 0 Å². The number of hydrogen-bond acceptors (Lipinski definition) is 4. The van der Waals surface area contributed by atoms with E-state index >= 15 is 0 Å². The van der Waals surface area contributed by atoms with Crippen molar-refractivity contribution < 1.29 is 19.8 Å². The number of amides is 2. The average Bonchev–Trinajstić information content (AvgIpc) is 3.11. The van der Waals surface area contributed by atoms with Crippen molar-refractivity contribution >= 4 is 11.8 Å². The van der Waals surface area contributed by atoms with Gasteiger partial charge in [-0.1, -0.05) is 179 Å². The molecule has 2 unspecified atom stereocenters. The van der Waals surface area contributed by atoms with Gasteiger partial charge in [-0.2, -0.15) is 0 Å². The molecule has 1 rings (SSSR count). The number of rotatable bonds is 36. The fraction of sp³-hybridized carbons (Fsp3) is 0.818. The first-order chi connectivity index (χ1) is 24.4. The first kappa shape index (κ1) is 46.1. The molecule has 0 saturated heterocycles. The van der Waals surface area contributed by atoms with Gasteiger partial charge in [0, 0.05) is 25.9 Å². The Balaban J connectivity index is 1.98. The predicted molar refractivity (Wildman–Crippen MR) is 212 cm³/mol. The van der Waals surface area contributed by atoms with Gasteiger partial charge in [-0.25, -0.2) is 0 Å². The Bertz CT molecular complexity index is 854. The van der Waals surface area contributed by atoms with Crippen LogP contribution in [0.1, 0.15) is 218 Å².